The quantitative estimate of drug-likeness (QED) is 0.883. The minimum absolute atomic E-state index is 0.425. The minimum Gasteiger partial charge on any atom is -0.389 e. The fourth-order valence-electron chi connectivity index (χ4n) is 3.94. The molecule has 0 bridgehead atoms. The molecule has 0 spiro atoms. The van der Waals surface area contributed by atoms with E-state index in [1.165, 1.54) is 31.5 Å². The molecule has 0 aromatic heterocycles. The third kappa shape index (κ3) is 3.13. The monoisotopic (exact) mass is 352 g/mol. The Morgan fingerprint density at radius 3 is 2.81 bits per heavy atom. The molecular formula is C17H25BrN2O. The highest BCUT2D eigenvalue weighted by Gasteiger charge is 2.34. The highest BCUT2D eigenvalue weighted by atomic mass is 79.9. The van der Waals surface area contributed by atoms with Crippen molar-refractivity contribution in [2.45, 2.75) is 38.3 Å². The van der Waals surface area contributed by atoms with Gasteiger partial charge in [0.15, 0.2) is 0 Å². The number of likely N-dealkylation sites (tertiary alicyclic amines) is 1. The summed E-state index contributed by atoms with van der Waals surface area (Å²) in [6.45, 7) is 5.36. The number of piperidine rings is 2. The first-order chi connectivity index (χ1) is 10.1. The Morgan fingerprint density at radius 1 is 1.29 bits per heavy atom. The van der Waals surface area contributed by atoms with Crippen molar-refractivity contribution < 1.29 is 5.11 Å². The van der Waals surface area contributed by atoms with Gasteiger partial charge in [0.25, 0.3) is 0 Å². The number of anilines is 1. The third-order valence-corrected chi connectivity index (χ3v) is 5.83. The molecule has 3 rings (SSSR count). The van der Waals surface area contributed by atoms with Crippen LogP contribution >= 0.6 is 15.9 Å². The lowest BCUT2D eigenvalue weighted by Gasteiger charge is -2.46. The smallest absolute Gasteiger partial charge is 0.0772 e. The second kappa shape index (κ2) is 6.27. The summed E-state index contributed by atoms with van der Waals surface area (Å²) in [7, 11) is 2.28. The van der Waals surface area contributed by atoms with Gasteiger partial charge in [-0.1, -0.05) is 22.0 Å². The molecule has 2 heterocycles. The number of hydrogen-bond donors (Lipinski definition) is 1. The Morgan fingerprint density at radius 2 is 2.10 bits per heavy atom. The number of fused-ring (bicyclic) bond motifs is 1. The molecule has 3 nitrogen and oxygen atoms in total. The van der Waals surface area contributed by atoms with Crippen molar-refractivity contribution >= 4 is 21.6 Å². The topological polar surface area (TPSA) is 26.7 Å². The Kier molecular flexibility index (Phi) is 4.57. The van der Waals surface area contributed by atoms with E-state index in [9.17, 15) is 5.11 Å². The molecule has 1 N–H and O–H groups in total. The fraction of sp³-hybridized carbons (Fsp3) is 0.647. The Hall–Kier alpha value is -0.580. The number of aliphatic hydroxyl groups is 1. The van der Waals surface area contributed by atoms with E-state index in [-0.39, 0.29) is 0 Å². The molecule has 4 heteroatoms. The maximum absolute atomic E-state index is 9.74. The highest BCUT2D eigenvalue weighted by molar-refractivity contribution is 9.10. The van der Waals surface area contributed by atoms with Crippen LogP contribution < -0.4 is 4.90 Å². The Labute approximate surface area is 136 Å². The number of nitrogens with zero attached hydrogens (tertiary/aromatic N) is 2. The van der Waals surface area contributed by atoms with E-state index >= 15 is 0 Å². The van der Waals surface area contributed by atoms with Gasteiger partial charge in [-0.3, -0.25) is 0 Å². The maximum Gasteiger partial charge on any atom is 0.0772 e. The molecule has 2 aliphatic heterocycles. The van der Waals surface area contributed by atoms with Gasteiger partial charge in [-0.05, 0) is 63.4 Å². The van der Waals surface area contributed by atoms with Crippen molar-refractivity contribution in [1.29, 1.82) is 0 Å². The van der Waals surface area contributed by atoms with Crippen molar-refractivity contribution in [3.8, 4) is 0 Å². The molecular weight excluding hydrogens is 328 g/mol. The molecule has 3 unspecified atom stereocenters. The Bertz CT molecular complexity index is 506. The van der Waals surface area contributed by atoms with E-state index in [0.29, 0.717) is 0 Å². The number of halogens is 1. The molecule has 0 aliphatic carbocycles. The van der Waals surface area contributed by atoms with Gasteiger partial charge in [-0.2, -0.15) is 0 Å². The average Bonchev–Trinajstić information content (AvgIpc) is 2.46. The van der Waals surface area contributed by atoms with Gasteiger partial charge in [0.05, 0.1) is 6.10 Å². The van der Waals surface area contributed by atoms with Gasteiger partial charge in [0.1, 0.15) is 0 Å². The van der Waals surface area contributed by atoms with Crippen LogP contribution in [0.2, 0.25) is 0 Å². The highest BCUT2D eigenvalue weighted by Crippen LogP contribution is 2.34. The standard InChI is InChI=1S/C17H25BrN2O/c1-12(21)15-6-5-14(10-16(15)18)20-9-7-17-13(11-20)4-3-8-19(17)2/h5-6,10,12-13,17,21H,3-4,7-9,11H2,1-2H3. The molecule has 3 atom stereocenters. The first-order valence-electron chi connectivity index (χ1n) is 7.99. The first-order valence-corrected chi connectivity index (χ1v) is 8.78. The Balaban J connectivity index is 1.75. The summed E-state index contributed by atoms with van der Waals surface area (Å²) >= 11 is 3.60. The SMILES string of the molecule is CC(O)c1ccc(N2CCC3C(CCCN3C)C2)cc1Br. The lowest BCUT2D eigenvalue weighted by Crippen LogP contribution is -2.52. The molecule has 21 heavy (non-hydrogen) atoms. The summed E-state index contributed by atoms with van der Waals surface area (Å²) in [5, 5.41) is 9.74. The van der Waals surface area contributed by atoms with Crippen LogP contribution in [0, 0.1) is 5.92 Å². The number of aliphatic hydroxyl groups excluding tert-OH is 1. The molecule has 0 amide bonds. The molecule has 2 aliphatic rings. The average molecular weight is 353 g/mol. The van der Waals surface area contributed by atoms with Crippen molar-refractivity contribution in [3.05, 3.63) is 28.2 Å². The second-order valence-corrected chi connectivity index (χ2v) is 7.42. The molecule has 116 valence electrons. The summed E-state index contributed by atoms with van der Waals surface area (Å²) in [4.78, 5) is 5.06. The minimum atomic E-state index is -0.425. The van der Waals surface area contributed by atoms with E-state index in [4.69, 9.17) is 0 Å². The lowest BCUT2D eigenvalue weighted by atomic mass is 9.84. The first kappa shape index (κ1) is 15.3. The van der Waals surface area contributed by atoms with Crippen LogP contribution in [-0.4, -0.2) is 42.7 Å². The summed E-state index contributed by atoms with van der Waals surface area (Å²) in [5.74, 6) is 0.799. The molecule has 1 aromatic rings. The van der Waals surface area contributed by atoms with Crippen LogP contribution in [-0.2, 0) is 0 Å². The summed E-state index contributed by atoms with van der Waals surface area (Å²) in [6.07, 6.45) is 3.53. The lowest BCUT2D eigenvalue weighted by molar-refractivity contribution is 0.102. The second-order valence-electron chi connectivity index (χ2n) is 6.57. The summed E-state index contributed by atoms with van der Waals surface area (Å²) in [6, 6.07) is 7.13. The number of benzene rings is 1. The van der Waals surface area contributed by atoms with E-state index in [1.807, 2.05) is 13.0 Å². The van der Waals surface area contributed by atoms with Crippen LogP contribution in [0.3, 0.4) is 0 Å². The zero-order chi connectivity index (χ0) is 15.0. The van der Waals surface area contributed by atoms with Crippen molar-refractivity contribution in [1.82, 2.24) is 4.90 Å². The van der Waals surface area contributed by atoms with Crippen LogP contribution in [0.4, 0.5) is 5.69 Å². The van der Waals surface area contributed by atoms with Gasteiger partial charge in [0, 0.05) is 29.3 Å². The summed E-state index contributed by atoms with van der Waals surface area (Å²) in [5.41, 5.74) is 2.24. The zero-order valence-corrected chi connectivity index (χ0v) is 14.5. The van der Waals surface area contributed by atoms with Crippen LogP contribution in [0.1, 0.15) is 37.9 Å². The van der Waals surface area contributed by atoms with Gasteiger partial charge >= 0.3 is 0 Å². The predicted molar refractivity (Wildman–Crippen MR) is 90.7 cm³/mol. The molecule has 0 saturated carbocycles. The molecule has 1 aromatic carbocycles. The van der Waals surface area contributed by atoms with Gasteiger partial charge in [0.2, 0.25) is 0 Å². The summed E-state index contributed by atoms with van der Waals surface area (Å²) < 4.78 is 1.01. The molecule has 0 radical (unpaired) electrons. The van der Waals surface area contributed by atoms with Crippen molar-refractivity contribution in [2.75, 3.05) is 31.6 Å². The van der Waals surface area contributed by atoms with E-state index in [2.05, 4.69) is 44.9 Å². The normalized spacial score (nSPS) is 28.3. The van der Waals surface area contributed by atoms with E-state index < -0.39 is 6.10 Å². The van der Waals surface area contributed by atoms with Crippen LogP contribution in [0.15, 0.2) is 22.7 Å². The zero-order valence-electron chi connectivity index (χ0n) is 12.9. The maximum atomic E-state index is 9.74. The molecule has 2 fully saturated rings. The van der Waals surface area contributed by atoms with Crippen LogP contribution in [0.25, 0.3) is 0 Å². The molecule has 2 saturated heterocycles. The predicted octanol–water partition coefficient (Wildman–Crippen LogP) is 3.42. The van der Waals surface area contributed by atoms with E-state index in [0.717, 1.165) is 35.1 Å². The van der Waals surface area contributed by atoms with Crippen molar-refractivity contribution in [3.63, 3.8) is 0 Å². The van der Waals surface area contributed by atoms with Gasteiger partial charge in [-0.15, -0.1) is 0 Å². The largest absolute Gasteiger partial charge is 0.389 e. The third-order valence-electron chi connectivity index (χ3n) is 5.14. The van der Waals surface area contributed by atoms with Gasteiger partial charge in [-0.25, -0.2) is 0 Å². The number of rotatable bonds is 2. The van der Waals surface area contributed by atoms with Crippen molar-refractivity contribution in [2.24, 2.45) is 5.92 Å². The fourth-order valence-corrected chi connectivity index (χ4v) is 4.64. The van der Waals surface area contributed by atoms with Crippen LogP contribution in [0.5, 0.6) is 0 Å². The number of hydrogen-bond acceptors (Lipinski definition) is 3. The van der Waals surface area contributed by atoms with Gasteiger partial charge < -0.3 is 14.9 Å². The van der Waals surface area contributed by atoms with E-state index in [1.54, 1.807) is 0 Å².